The number of anilines is 1. The van der Waals surface area contributed by atoms with E-state index in [0.29, 0.717) is 0 Å². The van der Waals surface area contributed by atoms with Crippen LogP contribution in [0, 0.1) is 0 Å². The van der Waals surface area contributed by atoms with Crippen molar-refractivity contribution in [1.29, 1.82) is 0 Å². The van der Waals surface area contributed by atoms with Crippen LogP contribution in [0.1, 0.15) is 38.7 Å². The Labute approximate surface area is 142 Å². The molecule has 1 aromatic carbocycles. The van der Waals surface area contributed by atoms with E-state index in [2.05, 4.69) is 30.9 Å². The zero-order valence-corrected chi connectivity index (χ0v) is 14.5. The van der Waals surface area contributed by atoms with Crippen molar-refractivity contribution in [1.82, 2.24) is 0 Å². The summed E-state index contributed by atoms with van der Waals surface area (Å²) in [6.07, 6.45) is 1.87. The van der Waals surface area contributed by atoms with Gasteiger partial charge in [-0.05, 0) is 41.7 Å². The fraction of sp³-hybridized carbons (Fsp3) is 0.368. The predicted molar refractivity (Wildman–Crippen MR) is 98.0 cm³/mol. The molecule has 0 spiro atoms. The highest BCUT2D eigenvalue weighted by atomic mass is 32.1. The lowest BCUT2D eigenvalue weighted by Gasteiger charge is -2.32. The summed E-state index contributed by atoms with van der Waals surface area (Å²) in [5.74, 6) is -0.814. The Hall–Kier alpha value is -1.94. The molecule has 0 aromatic heterocycles. The molecule has 1 aromatic rings. The predicted octanol–water partition coefficient (Wildman–Crippen LogP) is 4.23. The number of carboxylic acids is 1. The summed E-state index contributed by atoms with van der Waals surface area (Å²) in [6, 6.07) is 8.31. The minimum Gasteiger partial charge on any atom is -0.481 e. The van der Waals surface area contributed by atoms with Gasteiger partial charge in [0.1, 0.15) is 0 Å². The van der Waals surface area contributed by atoms with Crippen molar-refractivity contribution in [3.05, 3.63) is 46.5 Å². The second-order valence-electron chi connectivity index (χ2n) is 6.21. The highest BCUT2D eigenvalue weighted by Gasteiger charge is 2.40. The molecule has 3 nitrogen and oxygen atoms in total. The topological polar surface area (TPSA) is 40.5 Å². The fourth-order valence-electron chi connectivity index (χ4n) is 3.84. The van der Waals surface area contributed by atoms with Crippen molar-refractivity contribution in [3.63, 3.8) is 0 Å². The third-order valence-corrected chi connectivity index (χ3v) is 5.30. The number of benzene rings is 1. The monoisotopic (exact) mass is 327 g/mol. The molecule has 1 aliphatic heterocycles. The molecule has 23 heavy (non-hydrogen) atoms. The fourth-order valence-corrected chi connectivity index (χ4v) is 4.31. The van der Waals surface area contributed by atoms with Crippen LogP contribution in [-0.4, -0.2) is 29.0 Å². The Morgan fingerprint density at radius 1 is 1.30 bits per heavy atom. The lowest BCUT2D eigenvalue weighted by molar-refractivity contribution is -0.136. The molecule has 1 heterocycles. The van der Waals surface area contributed by atoms with Crippen LogP contribution in [0.3, 0.4) is 0 Å². The van der Waals surface area contributed by atoms with Crippen molar-refractivity contribution in [2.24, 2.45) is 0 Å². The van der Waals surface area contributed by atoms with Crippen molar-refractivity contribution in [2.45, 2.75) is 39.2 Å². The Kier molecular flexibility index (Phi) is 4.11. The third-order valence-electron chi connectivity index (χ3n) is 4.83. The third kappa shape index (κ3) is 2.41. The zero-order valence-electron chi connectivity index (χ0n) is 13.7. The molecule has 1 unspecified atom stereocenters. The molecule has 1 atom stereocenters. The number of carboxylic acid groups (broad SMARTS) is 1. The Bertz CT molecular complexity index is 760. The van der Waals surface area contributed by atoms with Gasteiger partial charge in [-0.25, -0.2) is 0 Å². The van der Waals surface area contributed by atoms with E-state index in [4.69, 9.17) is 12.2 Å². The minimum absolute atomic E-state index is 0.0134. The summed E-state index contributed by atoms with van der Waals surface area (Å²) in [6.45, 7) is 4.24. The SMILES string of the molecule is CCCC1=C(CC(=O)O)C(=S)C2C(=C1C)c1ccccc1N2C. The van der Waals surface area contributed by atoms with Gasteiger partial charge in [0.2, 0.25) is 0 Å². The van der Waals surface area contributed by atoms with E-state index < -0.39 is 5.97 Å². The molecular formula is C19H21NO2S. The first-order chi connectivity index (χ1) is 11.0. The molecule has 0 saturated heterocycles. The lowest BCUT2D eigenvalue weighted by Crippen LogP contribution is -2.38. The summed E-state index contributed by atoms with van der Waals surface area (Å²) in [4.78, 5) is 14.3. The van der Waals surface area contributed by atoms with Crippen LogP contribution in [0.4, 0.5) is 5.69 Å². The Morgan fingerprint density at radius 3 is 2.65 bits per heavy atom. The average molecular weight is 327 g/mol. The quantitative estimate of drug-likeness (QED) is 0.840. The van der Waals surface area contributed by atoms with Crippen LogP contribution >= 0.6 is 12.2 Å². The molecule has 0 radical (unpaired) electrons. The summed E-state index contributed by atoms with van der Waals surface area (Å²) >= 11 is 5.75. The van der Waals surface area contributed by atoms with Crippen LogP contribution < -0.4 is 4.90 Å². The molecule has 0 saturated carbocycles. The standard InChI is InChI=1S/C19H21NO2S/c1-4-7-12-11(2)17-13-8-5-6-9-15(13)20(3)18(17)19(23)14(12)10-16(21)22/h5-6,8-9,18H,4,7,10H2,1-3H3,(H,21,22). The van der Waals surface area contributed by atoms with Gasteiger partial charge in [-0.2, -0.15) is 0 Å². The second kappa shape index (κ2) is 5.93. The molecule has 0 amide bonds. The van der Waals surface area contributed by atoms with E-state index in [-0.39, 0.29) is 12.5 Å². The van der Waals surface area contributed by atoms with E-state index in [9.17, 15) is 9.90 Å². The number of hydrogen-bond acceptors (Lipinski definition) is 3. The molecule has 2 aliphatic rings. The van der Waals surface area contributed by atoms with Crippen molar-refractivity contribution in [3.8, 4) is 0 Å². The number of allylic oxidation sites excluding steroid dienone is 2. The lowest BCUT2D eigenvalue weighted by atomic mass is 9.79. The van der Waals surface area contributed by atoms with E-state index in [0.717, 1.165) is 28.9 Å². The molecule has 4 heteroatoms. The first-order valence-electron chi connectivity index (χ1n) is 7.98. The number of thiocarbonyl (C=S) groups is 1. The maximum atomic E-state index is 11.3. The number of hydrogen-bond donors (Lipinski definition) is 1. The first kappa shape index (κ1) is 15.9. The van der Waals surface area contributed by atoms with Crippen LogP contribution in [0.5, 0.6) is 0 Å². The average Bonchev–Trinajstić information content (AvgIpc) is 2.82. The number of nitrogens with zero attached hydrogens (tertiary/aromatic N) is 1. The molecular weight excluding hydrogens is 306 g/mol. The van der Waals surface area contributed by atoms with Gasteiger partial charge in [0.05, 0.1) is 12.5 Å². The molecule has 0 fully saturated rings. The Balaban J connectivity index is 2.23. The zero-order chi connectivity index (χ0) is 16.7. The van der Waals surface area contributed by atoms with E-state index in [1.54, 1.807) is 0 Å². The van der Waals surface area contributed by atoms with Gasteiger partial charge in [0, 0.05) is 23.2 Å². The van der Waals surface area contributed by atoms with Gasteiger partial charge in [-0.3, -0.25) is 4.79 Å². The molecule has 120 valence electrons. The molecule has 1 N–H and O–H groups in total. The number of carbonyl (C=O) groups is 1. The summed E-state index contributed by atoms with van der Waals surface area (Å²) in [5.41, 5.74) is 6.84. The Morgan fingerprint density at radius 2 is 2.00 bits per heavy atom. The van der Waals surface area contributed by atoms with E-state index >= 15 is 0 Å². The van der Waals surface area contributed by atoms with Gasteiger partial charge in [-0.15, -0.1) is 0 Å². The number of fused-ring (bicyclic) bond motifs is 3. The van der Waals surface area contributed by atoms with Crippen LogP contribution in [-0.2, 0) is 4.79 Å². The van der Waals surface area contributed by atoms with Gasteiger partial charge >= 0.3 is 5.97 Å². The van der Waals surface area contributed by atoms with Crippen LogP contribution in [0.25, 0.3) is 5.57 Å². The van der Waals surface area contributed by atoms with Crippen LogP contribution in [0.2, 0.25) is 0 Å². The maximum Gasteiger partial charge on any atom is 0.307 e. The minimum atomic E-state index is -0.814. The number of aliphatic carboxylic acids is 1. The van der Waals surface area contributed by atoms with Gasteiger partial charge < -0.3 is 10.0 Å². The number of likely N-dealkylation sites (N-methyl/N-ethyl adjacent to an activating group) is 1. The number of para-hydroxylation sites is 1. The van der Waals surface area contributed by atoms with Crippen molar-refractivity contribution in [2.75, 3.05) is 11.9 Å². The van der Waals surface area contributed by atoms with Gasteiger partial charge in [-0.1, -0.05) is 43.8 Å². The second-order valence-corrected chi connectivity index (χ2v) is 6.65. The van der Waals surface area contributed by atoms with Crippen LogP contribution in [0.15, 0.2) is 41.0 Å². The van der Waals surface area contributed by atoms with Crippen molar-refractivity contribution >= 4 is 34.3 Å². The van der Waals surface area contributed by atoms with Gasteiger partial charge in [0.25, 0.3) is 0 Å². The van der Waals surface area contributed by atoms with E-state index in [1.807, 2.05) is 19.2 Å². The highest BCUT2D eigenvalue weighted by Crippen LogP contribution is 2.47. The summed E-state index contributed by atoms with van der Waals surface area (Å²) in [7, 11) is 2.04. The summed E-state index contributed by atoms with van der Waals surface area (Å²) in [5, 5.41) is 9.31. The number of rotatable bonds is 4. The smallest absolute Gasteiger partial charge is 0.307 e. The van der Waals surface area contributed by atoms with E-state index in [1.165, 1.54) is 22.4 Å². The molecule has 3 rings (SSSR count). The van der Waals surface area contributed by atoms with Gasteiger partial charge in [0.15, 0.2) is 0 Å². The first-order valence-corrected chi connectivity index (χ1v) is 8.39. The molecule has 1 aliphatic carbocycles. The van der Waals surface area contributed by atoms with Crippen molar-refractivity contribution < 1.29 is 9.90 Å². The summed E-state index contributed by atoms with van der Waals surface area (Å²) < 4.78 is 0. The maximum absolute atomic E-state index is 11.3. The highest BCUT2D eigenvalue weighted by molar-refractivity contribution is 7.81. The largest absolute Gasteiger partial charge is 0.481 e. The normalized spacial score (nSPS) is 20.0. The molecule has 0 bridgehead atoms.